The zero-order chi connectivity index (χ0) is 21.7. The van der Waals surface area contributed by atoms with Crippen LogP contribution in [0, 0.1) is 0 Å². The van der Waals surface area contributed by atoms with Gasteiger partial charge in [0, 0.05) is 16.8 Å². The monoisotopic (exact) mass is 400 g/mol. The lowest BCUT2D eigenvalue weighted by molar-refractivity contribution is 0.101. The van der Waals surface area contributed by atoms with Crippen LogP contribution >= 0.6 is 0 Å². The molecule has 3 N–H and O–H groups in total. The first-order chi connectivity index (χ1) is 14.5. The van der Waals surface area contributed by atoms with E-state index in [0.29, 0.717) is 34.0 Å². The first kappa shape index (κ1) is 20.8. The predicted octanol–water partition coefficient (Wildman–Crippen LogP) is 5.12. The van der Waals surface area contributed by atoms with Crippen molar-refractivity contribution in [3.63, 3.8) is 0 Å². The maximum absolute atomic E-state index is 11.6. The largest absolute Gasteiger partial charge is 0.507 e. The minimum Gasteiger partial charge on any atom is -0.507 e. The maximum Gasteiger partial charge on any atom is 0.184 e. The molecule has 0 unspecified atom stereocenters. The minimum absolute atomic E-state index is 0.0104. The van der Waals surface area contributed by atoms with E-state index in [2.05, 4.69) is 10.1 Å². The van der Waals surface area contributed by atoms with E-state index < -0.39 is 0 Å². The van der Waals surface area contributed by atoms with Crippen molar-refractivity contribution in [2.24, 2.45) is 0 Å². The van der Waals surface area contributed by atoms with E-state index in [1.54, 1.807) is 53.2 Å². The van der Waals surface area contributed by atoms with Crippen molar-refractivity contribution in [3.05, 3.63) is 78.4 Å². The summed E-state index contributed by atoms with van der Waals surface area (Å²) >= 11 is 0. The van der Waals surface area contributed by atoms with Crippen LogP contribution < -0.4 is 5.73 Å². The van der Waals surface area contributed by atoms with E-state index in [1.165, 1.54) is 6.92 Å². The van der Waals surface area contributed by atoms with Crippen LogP contribution in [0.5, 0.6) is 5.75 Å². The average Bonchev–Trinajstić information content (AvgIpc) is 3.21. The van der Waals surface area contributed by atoms with Gasteiger partial charge in [0.1, 0.15) is 5.75 Å². The number of nitrogens with two attached hydrogens (primary N) is 1. The molecule has 1 aromatic heterocycles. The van der Waals surface area contributed by atoms with Gasteiger partial charge in [0.2, 0.25) is 0 Å². The van der Waals surface area contributed by atoms with Crippen molar-refractivity contribution in [1.82, 2.24) is 14.8 Å². The number of benzene rings is 3. The van der Waals surface area contributed by atoms with E-state index in [4.69, 9.17) is 5.73 Å². The number of hydrogen-bond donors (Lipinski definition) is 2. The number of Topliss-reactive ketones (excluding diaryl/α,β-unsaturated/α-hetero) is 1. The molecule has 30 heavy (non-hydrogen) atoms. The fourth-order valence-corrected chi connectivity index (χ4v) is 2.98. The molecule has 0 spiro atoms. The molecule has 6 heteroatoms. The molecule has 4 aromatic rings. The van der Waals surface area contributed by atoms with Crippen molar-refractivity contribution in [3.8, 4) is 34.2 Å². The van der Waals surface area contributed by atoms with Gasteiger partial charge in [0.15, 0.2) is 17.4 Å². The first-order valence-corrected chi connectivity index (χ1v) is 9.76. The number of carbonyl (C=O) groups is 1. The number of ketones is 1. The van der Waals surface area contributed by atoms with Gasteiger partial charge >= 0.3 is 0 Å². The third-order valence-corrected chi connectivity index (χ3v) is 4.47. The molecule has 4 rings (SSSR count). The Hall–Kier alpha value is -3.93. The molecule has 6 nitrogen and oxygen atoms in total. The van der Waals surface area contributed by atoms with E-state index in [9.17, 15) is 9.90 Å². The molecule has 0 bridgehead atoms. The maximum atomic E-state index is 11.6. The van der Waals surface area contributed by atoms with Crippen molar-refractivity contribution < 1.29 is 9.90 Å². The molecule has 0 amide bonds. The van der Waals surface area contributed by atoms with Gasteiger partial charge in [-0.1, -0.05) is 38.1 Å². The second-order valence-electron chi connectivity index (χ2n) is 6.38. The molecule has 0 fully saturated rings. The highest BCUT2D eigenvalue weighted by Crippen LogP contribution is 2.32. The minimum atomic E-state index is -0.0104. The van der Waals surface area contributed by atoms with Crippen LogP contribution in [0.25, 0.3) is 28.5 Å². The van der Waals surface area contributed by atoms with Crippen LogP contribution in [0.15, 0.2) is 72.8 Å². The summed E-state index contributed by atoms with van der Waals surface area (Å²) in [6.45, 7) is 5.52. The third-order valence-electron chi connectivity index (χ3n) is 4.47. The second-order valence-corrected chi connectivity index (χ2v) is 6.38. The van der Waals surface area contributed by atoms with Crippen molar-refractivity contribution in [2.75, 3.05) is 5.73 Å². The number of hydrogen-bond acceptors (Lipinski definition) is 5. The van der Waals surface area contributed by atoms with Gasteiger partial charge in [-0.3, -0.25) is 4.79 Å². The Labute approximate surface area is 175 Å². The number of anilines is 1. The summed E-state index contributed by atoms with van der Waals surface area (Å²) in [5, 5.41) is 15.0. The predicted molar refractivity (Wildman–Crippen MR) is 120 cm³/mol. The SMILES string of the molecule is CC.CC(=O)c1ccc(-n2nc(-c3ccccc3N)nc2-c2ccccc2O)cc1. The summed E-state index contributed by atoms with van der Waals surface area (Å²) in [4.78, 5) is 16.2. The lowest BCUT2D eigenvalue weighted by Crippen LogP contribution is -2.01. The average molecular weight is 400 g/mol. The van der Waals surface area contributed by atoms with E-state index >= 15 is 0 Å². The highest BCUT2D eigenvalue weighted by Gasteiger charge is 2.18. The van der Waals surface area contributed by atoms with Crippen LogP contribution in [0.1, 0.15) is 31.1 Å². The number of carbonyl (C=O) groups excluding carboxylic acids is 1. The van der Waals surface area contributed by atoms with Crippen molar-refractivity contribution >= 4 is 11.5 Å². The smallest absolute Gasteiger partial charge is 0.184 e. The molecule has 0 radical (unpaired) electrons. The number of nitrogen functional groups attached to an aromatic ring is 1. The van der Waals surface area contributed by atoms with E-state index in [0.717, 1.165) is 5.69 Å². The summed E-state index contributed by atoms with van der Waals surface area (Å²) in [7, 11) is 0. The number of nitrogens with zero attached hydrogens (tertiary/aromatic N) is 3. The zero-order valence-corrected chi connectivity index (χ0v) is 17.2. The summed E-state index contributed by atoms with van der Waals surface area (Å²) in [6, 6.07) is 21.4. The molecule has 0 aliphatic carbocycles. The number of rotatable bonds is 4. The summed E-state index contributed by atoms with van der Waals surface area (Å²) in [5.41, 5.74) is 9.25. The highest BCUT2D eigenvalue weighted by atomic mass is 16.3. The fraction of sp³-hybridized carbons (Fsp3) is 0.125. The summed E-state index contributed by atoms with van der Waals surface area (Å²) < 4.78 is 1.64. The van der Waals surface area contributed by atoms with Crippen LogP contribution in [0.2, 0.25) is 0 Å². The fourth-order valence-electron chi connectivity index (χ4n) is 2.98. The number of phenols is 1. The van der Waals surface area contributed by atoms with Gasteiger partial charge in [-0.25, -0.2) is 9.67 Å². The van der Waals surface area contributed by atoms with Gasteiger partial charge in [0.05, 0.1) is 11.3 Å². The second kappa shape index (κ2) is 9.05. The quantitative estimate of drug-likeness (QED) is 0.366. The van der Waals surface area contributed by atoms with Crippen LogP contribution in [-0.2, 0) is 0 Å². The Morgan fingerprint density at radius 1 is 0.900 bits per heavy atom. The van der Waals surface area contributed by atoms with Crippen LogP contribution in [0.3, 0.4) is 0 Å². The number of para-hydroxylation sites is 2. The molecule has 0 atom stereocenters. The lowest BCUT2D eigenvalue weighted by Gasteiger charge is -2.07. The molecule has 3 aromatic carbocycles. The number of aromatic hydroxyl groups is 1. The van der Waals surface area contributed by atoms with Crippen molar-refractivity contribution in [2.45, 2.75) is 20.8 Å². The topological polar surface area (TPSA) is 94.0 Å². The molecule has 0 saturated carbocycles. The van der Waals surface area contributed by atoms with Gasteiger partial charge in [-0.05, 0) is 55.5 Å². The Balaban J connectivity index is 0.00000124. The molecule has 0 aliphatic heterocycles. The normalized spacial score (nSPS) is 10.2. The molecule has 0 aliphatic rings. The third kappa shape index (κ3) is 4.07. The van der Waals surface area contributed by atoms with Gasteiger partial charge in [0.25, 0.3) is 0 Å². The summed E-state index contributed by atoms with van der Waals surface area (Å²) in [6.07, 6.45) is 0. The molecule has 152 valence electrons. The molecule has 0 saturated heterocycles. The Kier molecular flexibility index (Phi) is 6.27. The summed E-state index contributed by atoms with van der Waals surface area (Å²) in [5.74, 6) is 1.02. The Bertz CT molecular complexity index is 1160. The molecular formula is C24H24N4O2. The zero-order valence-electron chi connectivity index (χ0n) is 17.2. The van der Waals surface area contributed by atoms with Crippen LogP contribution in [0.4, 0.5) is 5.69 Å². The molecule has 1 heterocycles. The number of aromatic nitrogens is 3. The van der Waals surface area contributed by atoms with Gasteiger partial charge in [-0.15, -0.1) is 5.10 Å². The standard InChI is InChI=1S/C22H18N4O2.C2H6/c1-14(27)15-10-12-16(13-11-15)26-22(18-7-3-5-9-20(18)28)24-21(25-26)17-6-2-4-8-19(17)23;1-2/h2-13,28H,23H2,1H3;1-2H3. The van der Waals surface area contributed by atoms with Gasteiger partial charge < -0.3 is 10.8 Å². The Morgan fingerprint density at radius 3 is 2.10 bits per heavy atom. The Morgan fingerprint density at radius 2 is 1.50 bits per heavy atom. The van der Waals surface area contributed by atoms with Crippen LogP contribution in [-0.4, -0.2) is 25.7 Å². The first-order valence-electron chi connectivity index (χ1n) is 9.76. The van der Waals surface area contributed by atoms with E-state index in [1.807, 2.05) is 38.1 Å². The number of phenolic OH excluding ortho intramolecular Hbond substituents is 1. The lowest BCUT2D eigenvalue weighted by atomic mass is 10.1. The van der Waals surface area contributed by atoms with Gasteiger partial charge in [-0.2, -0.15) is 0 Å². The molecular weight excluding hydrogens is 376 g/mol. The highest BCUT2D eigenvalue weighted by molar-refractivity contribution is 5.94. The van der Waals surface area contributed by atoms with E-state index in [-0.39, 0.29) is 11.5 Å². The van der Waals surface area contributed by atoms with Crippen molar-refractivity contribution in [1.29, 1.82) is 0 Å².